The maximum absolute atomic E-state index is 12.1. The molecule has 0 aliphatic carbocycles. The van der Waals surface area contributed by atoms with Crippen LogP contribution >= 0.6 is 11.3 Å². The van der Waals surface area contributed by atoms with Crippen molar-refractivity contribution in [3.63, 3.8) is 0 Å². The summed E-state index contributed by atoms with van der Waals surface area (Å²) in [6.45, 7) is 7.83. The third-order valence-electron chi connectivity index (χ3n) is 3.58. The first-order valence-electron chi connectivity index (χ1n) is 6.81. The molecule has 0 aromatic carbocycles. The van der Waals surface area contributed by atoms with Crippen LogP contribution in [0, 0.1) is 22.7 Å². The molecule has 5 heteroatoms. The van der Waals surface area contributed by atoms with Crippen LogP contribution < -0.4 is 5.32 Å². The minimum absolute atomic E-state index is 0.0760. The average molecular weight is 292 g/mol. The van der Waals surface area contributed by atoms with E-state index in [1.54, 1.807) is 11.4 Å². The lowest BCUT2D eigenvalue weighted by molar-refractivity contribution is 0.00738. The largest absolute Gasteiger partial charge is 0.377 e. The van der Waals surface area contributed by atoms with E-state index in [2.05, 4.69) is 26.1 Å². The van der Waals surface area contributed by atoms with Gasteiger partial charge in [-0.25, -0.2) is 0 Å². The summed E-state index contributed by atoms with van der Waals surface area (Å²) < 4.78 is 5.80. The summed E-state index contributed by atoms with van der Waals surface area (Å²) in [6, 6.07) is 3.72. The van der Waals surface area contributed by atoms with Crippen LogP contribution in [-0.4, -0.2) is 25.2 Å². The molecule has 1 aromatic rings. The number of hydrogen-bond donors (Lipinski definition) is 1. The van der Waals surface area contributed by atoms with Gasteiger partial charge in [0.1, 0.15) is 10.9 Å². The van der Waals surface area contributed by atoms with Gasteiger partial charge in [0.05, 0.1) is 11.7 Å². The Morgan fingerprint density at radius 3 is 3.00 bits per heavy atom. The van der Waals surface area contributed by atoms with E-state index in [0.717, 1.165) is 13.0 Å². The third kappa shape index (κ3) is 3.20. The van der Waals surface area contributed by atoms with Gasteiger partial charge in [-0.3, -0.25) is 4.79 Å². The van der Waals surface area contributed by atoms with Crippen LogP contribution in [0.1, 0.15) is 42.4 Å². The van der Waals surface area contributed by atoms with E-state index in [0.29, 0.717) is 22.9 Å². The summed E-state index contributed by atoms with van der Waals surface area (Å²) in [4.78, 5) is 12.6. The van der Waals surface area contributed by atoms with Crippen LogP contribution in [0.15, 0.2) is 11.4 Å². The number of amides is 1. The number of hydrogen-bond acceptors (Lipinski definition) is 4. The van der Waals surface area contributed by atoms with Gasteiger partial charge in [-0.15, -0.1) is 11.3 Å². The first-order chi connectivity index (χ1) is 9.43. The molecule has 0 spiro atoms. The lowest BCUT2D eigenvalue weighted by Crippen LogP contribution is -2.38. The number of carbonyl (C=O) groups is 1. The molecule has 1 saturated heterocycles. The fourth-order valence-electron chi connectivity index (χ4n) is 2.68. The molecule has 0 bridgehead atoms. The summed E-state index contributed by atoms with van der Waals surface area (Å²) in [6.07, 6.45) is 1.14. The summed E-state index contributed by atoms with van der Waals surface area (Å²) in [5.41, 5.74) is 0.523. The Morgan fingerprint density at radius 2 is 2.35 bits per heavy atom. The molecule has 1 amide bonds. The van der Waals surface area contributed by atoms with Gasteiger partial charge >= 0.3 is 0 Å². The Labute approximate surface area is 123 Å². The first-order valence-corrected chi connectivity index (χ1v) is 7.69. The van der Waals surface area contributed by atoms with Gasteiger partial charge in [-0.1, -0.05) is 20.8 Å². The van der Waals surface area contributed by atoms with Crippen LogP contribution in [0.5, 0.6) is 0 Å². The zero-order valence-electron chi connectivity index (χ0n) is 12.1. The van der Waals surface area contributed by atoms with E-state index in [1.165, 1.54) is 11.3 Å². The summed E-state index contributed by atoms with van der Waals surface area (Å²) in [7, 11) is 0. The molecule has 1 aliphatic heterocycles. The molecule has 2 heterocycles. The topological polar surface area (TPSA) is 62.1 Å². The summed E-state index contributed by atoms with van der Waals surface area (Å²) >= 11 is 1.31. The second kappa shape index (κ2) is 5.94. The highest BCUT2D eigenvalue weighted by molar-refractivity contribution is 7.12. The second-order valence-electron chi connectivity index (χ2n) is 6.19. The molecule has 1 N–H and O–H groups in total. The van der Waals surface area contributed by atoms with E-state index in [-0.39, 0.29) is 17.4 Å². The molecule has 0 unspecified atom stereocenters. The average Bonchev–Trinajstić information content (AvgIpc) is 3.03. The van der Waals surface area contributed by atoms with Crippen molar-refractivity contribution in [2.45, 2.75) is 33.3 Å². The molecular formula is C15H20N2O2S. The van der Waals surface area contributed by atoms with Crippen molar-refractivity contribution in [2.24, 2.45) is 11.3 Å². The van der Waals surface area contributed by atoms with Crippen LogP contribution in [-0.2, 0) is 4.74 Å². The van der Waals surface area contributed by atoms with Gasteiger partial charge in [0.2, 0.25) is 0 Å². The van der Waals surface area contributed by atoms with Gasteiger partial charge in [-0.2, -0.15) is 5.26 Å². The van der Waals surface area contributed by atoms with Gasteiger partial charge in [0, 0.05) is 19.1 Å². The van der Waals surface area contributed by atoms with Gasteiger partial charge < -0.3 is 10.1 Å². The zero-order valence-corrected chi connectivity index (χ0v) is 12.9. The molecule has 1 aliphatic rings. The zero-order chi connectivity index (χ0) is 14.8. The number of ether oxygens (including phenoxy) is 1. The number of nitrogens with zero attached hydrogens (tertiary/aromatic N) is 1. The summed E-state index contributed by atoms with van der Waals surface area (Å²) in [5, 5.41) is 13.7. The second-order valence-corrected chi connectivity index (χ2v) is 7.11. The first kappa shape index (κ1) is 15.0. The van der Waals surface area contributed by atoms with Crippen LogP contribution in [0.25, 0.3) is 0 Å². The van der Waals surface area contributed by atoms with Crippen LogP contribution in [0.3, 0.4) is 0 Å². The molecule has 1 aromatic heterocycles. The van der Waals surface area contributed by atoms with E-state index in [1.807, 2.05) is 6.07 Å². The van der Waals surface area contributed by atoms with E-state index >= 15 is 0 Å². The monoisotopic (exact) mass is 292 g/mol. The van der Waals surface area contributed by atoms with Gasteiger partial charge in [0.15, 0.2) is 0 Å². The number of nitriles is 1. The molecule has 20 heavy (non-hydrogen) atoms. The highest BCUT2D eigenvalue weighted by atomic mass is 32.1. The molecule has 108 valence electrons. The lowest BCUT2D eigenvalue weighted by atomic mass is 9.81. The molecular weight excluding hydrogens is 272 g/mol. The highest BCUT2D eigenvalue weighted by Crippen LogP contribution is 2.34. The minimum atomic E-state index is -0.156. The Kier molecular flexibility index (Phi) is 4.46. The minimum Gasteiger partial charge on any atom is -0.377 e. The Morgan fingerprint density at radius 1 is 1.60 bits per heavy atom. The molecule has 2 atom stereocenters. The van der Waals surface area contributed by atoms with Gasteiger partial charge in [0.25, 0.3) is 5.91 Å². The number of carbonyl (C=O) groups excluding carboxylic acids is 1. The maximum Gasteiger partial charge on any atom is 0.262 e. The van der Waals surface area contributed by atoms with Gasteiger partial charge in [-0.05, 0) is 23.3 Å². The predicted octanol–water partition coefficient (Wildman–Crippen LogP) is 2.80. The van der Waals surface area contributed by atoms with Crippen molar-refractivity contribution < 1.29 is 9.53 Å². The fourth-order valence-corrected chi connectivity index (χ4v) is 3.44. The maximum atomic E-state index is 12.1. The number of nitrogens with one attached hydrogen (secondary N) is 1. The van der Waals surface area contributed by atoms with E-state index < -0.39 is 0 Å². The van der Waals surface area contributed by atoms with Crippen molar-refractivity contribution >= 4 is 17.2 Å². The lowest BCUT2D eigenvalue weighted by Gasteiger charge is -2.31. The van der Waals surface area contributed by atoms with Crippen molar-refractivity contribution in [1.29, 1.82) is 5.26 Å². The molecule has 0 saturated carbocycles. The molecule has 4 nitrogen and oxygen atoms in total. The van der Waals surface area contributed by atoms with Crippen molar-refractivity contribution in [3.8, 4) is 6.07 Å². The van der Waals surface area contributed by atoms with E-state index in [9.17, 15) is 4.79 Å². The van der Waals surface area contributed by atoms with Crippen molar-refractivity contribution in [1.82, 2.24) is 5.32 Å². The Bertz CT molecular complexity index is 525. The standard InChI is InChI=1S/C15H20N2O2S/c1-15(2,3)13-11(4-6-19-13)9-17-14(18)12-10(8-16)5-7-20-12/h5,7,11,13H,4,6,9H2,1-3H3,(H,17,18)/t11-,13+/m1/s1. The smallest absolute Gasteiger partial charge is 0.262 e. The molecule has 1 fully saturated rings. The van der Waals surface area contributed by atoms with Crippen LogP contribution in [0.2, 0.25) is 0 Å². The Hall–Kier alpha value is -1.38. The fraction of sp³-hybridized carbons (Fsp3) is 0.600. The predicted molar refractivity (Wildman–Crippen MR) is 78.7 cm³/mol. The normalized spacial score (nSPS) is 22.5. The third-order valence-corrected chi connectivity index (χ3v) is 4.50. The quantitative estimate of drug-likeness (QED) is 0.931. The van der Waals surface area contributed by atoms with Crippen LogP contribution in [0.4, 0.5) is 0 Å². The van der Waals surface area contributed by atoms with E-state index in [4.69, 9.17) is 10.00 Å². The van der Waals surface area contributed by atoms with Crippen molar-refractivity contribution in [2.75, 3.05) is 13.2 Å². The van der Waals surface area contributed by atoms with Crippen molar-refractivity contribution in [3.05, 3.63) is 21.9 Å². The molecule has 2 rings (SSSR count). The summed E-state index contributed by atoms with van der Waals surface area (Å²) in [5.74, 6) is 0.181. The SMILES string of the molecule is CC(C)(C)[C@H]1OCC[C@@H]1CNC(=O)c1sccc1C#N. The molecule has 0 radical (unpaired) electrons. The number of rotatable bonds is 3. The Balaban J connectivity index is 1.96. The highest BCUT2D eigenvalue weighted by Gasteiger charge is 2.37. The number of thiophene rings is 1.